The number of carbonyl (C=O) groups is 2. The normalized spacial score (nSPS) is 12.4. The number of H-pyrrole nitrogens is 1. The van der Waals surface area contributed by atoms with Gasteiger partial charge in [0.2, 0.25) is 5.91 Å². The second kappa shape index (κ2) is 12.8. The number of nitrogens with zero attached hydrogens (tertiary/aromatic N) is 5. The number of amides is 2. The minimum absolute atomic E-state index is 0.225. The van der Waals surface area contributed by atoms with Crippen LogP contribution >= 0.6 is 11.3 Å². The lowest BCUT2D eigenvalue weighted by Gasteiger charge is -2.20. The smallest absolute Gasteiger partial charge is 0.252 e. The van der Waals surface area contributed by atoms with Crippen molar-refractivity contribution in [3.63, 3.8) is 0 Å². The molecule has 0 saturated heterocycles. The topological polar surface area (TPSA) is 130 Å². The standard InChI is InChI=1S/C27H36N8O2S/c1-5-19(6-2)35-23-10-9-18(15-21(23)29-25(35)16-20-8-7-13-38-20)26(36)30-22(14-17(3)4)27(37)28-12-11-24-31-33-34-32-24/h7-10,13,15,17,19,22H,5-6,11-12,14,16H2,1-4H3,(H,28,37)(H,30,36)(H,31,32,33,34)/t22-/m0/s1. The van der Waals surface area contributed by atoms with Crippen LogP contribution in [0.5, 0.6) is 0 Å². The predicted molar refractivity (Wildman–Crippen MR) is 148 cm³/mol. The van der Waals surface area contributed by atoms with E-state index in [0.717, 1.165) is 36.1 Å². The molecule has 0 bridgehead atoms. The maximum atomic E-state index is 13.3. The number of fused-ring (bicyclic) bond motifs is 1. The Hall–Kier alpha value is -3.60. The zero-order chi connectivity index (χ0) is 27.1. The first-order valence-corrected chi connectivity index (χ1v) is 14.1. The van der Waals surface area contributed by atoms with E-state index < -0.39 is 6.04 Å². The summed E-state index contributed by atoms with van der Waals surface area (Å²) in [6.07, 6.45) is 3.76. The summed E-state index contributed by atoms with van der Waals surface area (Å²) in [5, 5.41) is 21.5. The third kappa shape index (κ3) is 6.63. The van der Waals surface area contributed by atoms with Gasteiger partial charge in [-0.15, -0.1) is 16.4 Å². The van der Waals surface area contributed by atoms with E-state index in [2.05, 4.69) is 67.2 Å². The summed E-state index contributed by atoms with van der Waals surface area (Å²) in [6.45, 7) is 8.81. The molecule has 3 heterocycles. The first kappa shape index (κ1) is 27.4. The molecule has 0 aliphatic carbocycles. The van der Waals surface area contributed by atoms with Gasteiger partial charge in [0, 0.05) is 35.9 Å². The Morgan fingerprint density at radius 3 is 2.63 bits per heavy atom. The van der Waals surface area contributed by atoms with Crippen LogP contribution in [-0.4, -0.2) is 54.6 Å². The summed E-state index contributed by atoms with van der Waals surface area (Å²) < 4.78 is 2.33. The highest BCUT2D eigenvalue weighted by atomic mass is 32.1. The van der Waals surface area contributed by atoms with Gasteiger partial charge in [0.05, 0.1) is 11.0 Å². The number of carbonyl (C=O) groups excluding carboxylic acids is 2. The maximum Gasteiger partial charge on any atom is 0.252 e. The second-order valence-corrected chi connectivity index (χ2v) is 10.9. The second-order valence-electron chi connectivity index (χ2n) is 9.87. The molecular weight excluding hydrogens is 500 g/mol. The van der Waals surface area contributed by atoms with Crippen molar-refractivity contribution in [1.82, 2.24) is 40.8 Å². The highest BCUT2D eigenvalue weighted by Gasteiger charge is 2.24. The Bertz CT molecular complexity index is 1330. The van der Waals surface area contributed by atoms with Crippen LogP contribution in [0.4, 0.5) is 0 Å². The van der Waals surface area contributed by atoms with E-state index in [4.69, 9.17) is 4.98 Å². The molecule has 3 N–H and O–H groups in total. The molecule has 2 amide bonds. The van der Waals surface area contributed by atoms with E-state index >= 15 is 0 Å². The van der Waals surface area contributed by atoms with E-state index in [9.17, 15) is 9.59 Å². The largest absolute Gasteiger partial charge is 0.354 e. The molecule has 4 rings (SSSR count). The van der Waals surface area contributed by atoms with Crippen molar-refractivity contribution in [2.24, 2.45) is 5.92 Å². The van der Waals surface area contributed by atoms with E-state index in [1.54, 1.807) is 11.3 Å². The van der Waals surface area contributed by atoms with Crippen LogP contribution in [0.3, 0.4) is 0 Å². The maximum absolute atomic E-state index is 13.3. The van der Waals surface area contributed by atoms with Crippen LogP contribution in [0, 0.1) is 5.92 Å². The van der Waals surface area contributed by atoms with Crippen LogP contribution in [0.15, 0.2) is 35.7 Å². The van der Waals surface area contributed by atoms with Crippen molar-refractivity contribution in [3.05, 3.63) is 57.8 Å². The van der Waals surface area contributed by atoms with Gasteiger partial charge in [-0.1, -0.05) is 33.8 Å². The highest BCUT2D eigenvalue weighted by Crippen LogP contribution is 2.28. The molecule has 1 atom stereocenters. The fraction of sp³-hybridized carbons (Fsp3) is 0.481. The molecule has 202 valence electrons. The molecule has 0 aliphatic heterocycles. The molecule has 1 aromatic carbocycles. The molecule has 0 unspecified atom stereocenters. The van der Waals surface area contributed by atoms with E-state index in [1.807, 2.05) is 32.0 Å². The van der Waals surface area contributed by atoms with Crippen LogP contribution in [0.1, 0.15) is 79.9 Å². The third-order valence-electron chi connectivity index (χ3n) is 6.62. The molecule has 38 heavy (non-hydrogen) atoms. The van der Waals surface area contributed by atoms with Gasteiger partial charge >= 0.3 is 0 Å². The molecule has 11 heteroatoms. The zero-order valence-electron chi connectivity index (χ0n) is 22.4. The van der Waals surface area contributed by atoms with Crippen molar-refractivity contribution in [3.8, 4) is 0 Å². The Morgan fingerprint density at radius 2 is 1.97 bits per heavy atom. The van der Waals surface area contributed by atoms with Crippen molar-refractivity contribution in [2.45, 2.75) is 71.9 Å². The van der Waals surface area contributed by atoms with Gasteiger partial charge in [0.1, 0.15) is 17.7 Å². The zero-order valence-corrected chi connectivity index (χ0v) is 23.2. The average molecular weight is 537 g/mol. The molecule has 10 nitrogen and oxygen atoms in total. The summed E-state index contributed by atoms with van der Waals surface area (Å²) in [6, 6.07) is 9.52. The van der Waals surface area contributed by atoms with E-state index in [-0.39, 0.29) is 17.7 Å². The van der Waals surface area contributed by atoms with Crippen molar-refractivity contribution in [2.75, 3.05) is 6.54 Å². The van der Waals surface area contributed by atoms with Gasteiger partial charge < -0.3 is 15.2 Å². The molecule has 0 saturated carbocycles. The minimum atomic E-state index is -0.650. The fourth-order valence-corrected chi connectivity index (χ4v) is 5.40. The molecule has 3 aromatic heterocycles. The average Bonchev–Trinajstić information content (AvgIpc) is 3.66. The molecular formula is C27H36N8O2S. The van der Waals surface area contributed by atoms with Crippen LogP contribution < -0.4 is 10.6 Å². The van der Waals surface area contributed by atoms with Crippen molar-refractivity contribution < 1.29 is 9.59 Å². The van der Waals surface area contributed by atoms with Crippen LogP contribution in [-0.2, 0) is 17.6 Å². The lowest BCUT2D eigenvalue weighted by Crippen LogP contribution is -2.47. The van der Waals surface area contributed by atoms with Gasteiger partial charge in [-0.05, 0) is 65.3 Å². The Kier molecular flexibility index (Phi) is 9.22. The number of hydrogen-bond donors (Lipinski definition) is 3. The number of aromatic nitrogens is 6. The molecule has 0 aliphatic rings. The summed E-state index contributed by atoms with van der Waals surface area (Å²) in [5.74, 6) is 1.31. The summed E-state index contributed by atoms with van der Waals surface area (Å²) in [7, 11) is 0. The quantitative estimate of drug-likeness (QED) is 0.236. The minimum Gasteiger partial charge on any atom is -0.354 e. The van der Waals surface area contributed by atoms with Gasteiger partial charge in [-0.3, -0.25) is 9.59 Å². The molecule has 0 radical (unpaired) electrons. The predicted octanol–water partition coefficient (Wildman–Crippen LogP) is 4.07. The van der Waals surface area contributed by atoms with Gasteiger partial charge in [-0.2, -0.15) is 0 Å². The number of nitrogens with one attached hydrogen (secondary N) is 3. The monoisotopic (exact) mass is 536 g/mol. The summed E-state index contributed by atoms with van der Waals surface area (Å²) >= 11 is 1.72. The van der Waals surface area contributed by atoms with Crippen LogP contribution in [0.2, 0.25) is 0 Å². The summed E-state index contributed by atoms with van der Waals surface area (Å²) in [5.41, 5.74) is 2.31. The van der Waals surface area contributed by atoms with E-state index in [1.165, 1.54) is 4.88 Å². The highest BCUT2D eigenvalue weighted by molar-refractivity contribution is 7.09. The third-order valence-corrected chi connectivity index (χ3v) is 7.50. The van der Waals surface area contributed by atoms with E-state index in [0.29, 0.717) is 36.8 Å². The number of thiophene rings is 1. The van der Waals surface area contributed by atoms with Gasteiger partial charge in [0.25, 0.3) is 5.91 Å². The number of tetrazole rings is 1. The van der Waals surface area contributed by atoms with Crippen molar-refractivity contribution >= 4 is 34.2 Å². The Labute approximate surface area is 226 Å². The lowest BCUT2D eigenvalue weighted by atomic mass is 10.0. The first-order valence-electron chi connectivity index (χ1n) is 13.2. The van der Waals surface area contributed by atoms with Crippen LogP contribution in [0.25, 0.3) is 11.0 Å². The fourth-order valence-electron chi connectivity index (χ4n) is 4.70. The Balaban J connectivity index is 1.53. The number of benzene rings is 1. The Morgan fingerprint density at radius 1 is 1.16 bits per heavy atom. The van der Waals surface area contributed by atoms with Gasteiger partial charge in [-0.25, -0.2) is 10.1 Å². The molecule has 0 fully saturated rings. The molecule has 4 aromatic rings. The number of rotatable bonds is 13. The number of hydrogen-bond acceptors (Lipinski definition) is 7. The van der Waals surface area contributed by atoms with Crippen molar-refractivity contribution in [1.29, 1.82) is 0 Å². The number of imidazole rings is 1. The first-order chi connectivity index (χ1) is 18.4. The van der Waals surface area contributed by atoms with Gasteiger partial charge in [0.15, 0.2) is 0 Å². The molecule has 0 spiro atoms. The SMILES string of the molecule is CCC(CC)n1c(Cc2cccs2)nc2cc(C(=O)N[C@@H](CC(C)C)C(=O)NCCc3nnn[nH]3)ccc21. The number of aromatic amines is 1. The lowest BCUT2D eigenvalue weighted by molar-refractivity contribution is -0.123. The summed E-state index contributed by atoms with van der Waals surface area (Å²) in [4.78, 5) is 32.4.